The predicted molar refractivity (Wildman–Crippen MR) is 67.2 cm³/mol. The molecule has 0 radical (unpaired) electrons. The molecule has 5 heteroatoms. The zero-order valence-electron chi connectivity index (χ0n) is 10.9. The molecule has 1 aliphatic heterocycles. The Morgan fingerprint density at radius 2 is 2.21 bits per heavy atom. The topological polar surface area (TPSA) is 29.5 Å². The van der Waals surface area contributed by atoms with Crippen LogP contribution in [-0.4, -0.2) is 49.7 Å². The molecule has 104 valence electrons. The van der Waals surface area contributed by atoms with Crippen LogP contribution < -0.4 is 0 Å². The molecule has 0 aromatic rings. The molecule has 0 aromatic carbocycles. The van der Waals surface area contributed by atoms with Crippen molar-refractivity contribution in [1.82, 2.24) is 4.90 Å². The average Bonchev–Trinajstić information content (AvgIpc) is 2.41. The number of morpholine rings is 1. The lowest BCUT2D eigenvalue weighted by molar-refractivity contribution is -0.116. The number of hydrogen-bond acceptors (Lipinski definition) is 3. The van der Waals surface area contributed by atoms with Crippen molar-refractivity contribution in [2.24, 2.45) is 0 Å². The van der Waals surface area contributed by atoms with Gasteiger partial charge in [0.2, 0.25) is 0 Å². The number of rotatable bonds is 4. The van der Waals surface area contributed by atoms with E-state index in [9.17, 15) is 13.6 Å². The number of nitrogens with zero attached hydrogens (tertiary/aromatic N) is 1. The number of Topliss-reactive ketones (excluding diaryl/α,β-unsaturated/α-hetero) is 1. The lowest BCUT2D eigenvalue weighted by atomic mass is 9.95. The number of ketones is 1. The Labute approximate surface area is 111 Å². The molecule has 0 saturated carbocycles. The van der Waals surface area contributed by atoms with Gasteiger partial charge in [0.25, 0.3) is 0 Å². The third-order valence-corrected chi connectivity index (χ3v) is 3.33. The summed E-state index contributed by atoms with van der Waals surface area (Å²) in [5.74, 6) is -1.02. The molecule has 0 aromatic heterocycles. The van der Waals surface area contributed by atoms with E-state index in [1.807, 2.05) is 0 Å². The van der Waals surface area contributed by atoms with Gasteiger partial charge < -0.3 is 4.74 Å². The first-order valence-electron chi connectivity index (χ1n) is 6.40. The van der Waals surface area contributed by atoms with E-state index in [-0.39, 0.29) is 23.4 Å². The normalized spacial score (nSPS) is 24.6. The van der Waals surface area contributed by atoms with E-state index in [0.717, 1.165) is 19.2 Å². The summed E-state index contributed by atoms with van der Waals surface area (Å²) >= 11 is 0. The van der Waals surface area contributed by atoms with Crippen molar-refractivity contribution in [2.45, 2.75) is 19.5 Å². The molecule has 19 heavy (non-hydrogen) atoms. The summed E-state index contributed by atoms with van der Waals surface area (Å²) < 4.78 is 32.2. The molecule has 3 nitrogen and oxygen atoms in total. The number of ether oxygens (including phenoxy) is 1. The first kappa shape index (κ1) is 14.1. The summed E-state index contributed by atoms with van der Waals surface area (Å²) in [6.45, 7) is 4.85. The molecule has 0 spiro atoms. The molecular formula is C14H17F2NO2. The van der Waals surface area contributed by atoms with E-state index in [1.54, 1.807) is 0 Å². The van der Waals surface area contributed by atoms with Crippen LogP contribution in [0.4, 0.5) is 8.78 Å². The fourth-order valence-electron chi connectivity index (χ4n) is 2.18. The summed E-state index contributed by atoms with van der Waals surface area (Å²) in [4.78, 5) is 14.0. The van der Waals surface area contributed by atoms with Gasteiger partial charge in [0.1, 0.15) is 0 Å². The van der Waals surface area contributed by atoms with E-state index in [4.69, 9.17) is 4.74 Å². The fourth-order valence-corrected chi connectivity index (χ4v) is 2.18. The van der Waals surface area contributed by atoms with Crippen molar-refractivity contribution in [1.29, 1.82) is 0 Å². The Kier molecular flexibility index (Phi) is 4.64. The first-order valence-corrected chi connectivity index (χ1v) is 6.40. The molecule has 0 N–H and O–H groups in total. The van der Waals surface area contributed by atoms with Crippen LogP contribution in [0.15, 0.2) is 28.8 Å². The van der Waals surface area contributed by atoms with Gasteiger partial charge in [0.15, 0.2) is 17.8 Å². The van der Waals surface area contributed by atoms with Crippen LogP contribution in [0.5, 0.6) is 0 Å². The van der Waals surface area contributed by atoms with Crippen LogP contribution in [0, 0.1) is 0 Å². The van der Waals surface area contributed by atoms with Gasteiger partial charge >= 0.3 is 0 Å². The Bertz CT molecular complexity index is 458. The minimum atomic E-state index is -1.53. The third-order valence-electron chi connectivity index (χ3n) is 3.33. The first-order chi connectivity index (χ1) is 9.08. The molecule has 1 aliphatic carbocycles. The van der Waals surface area contributed by atoms with Crippen LogP contribution in [0.1, 0.15) is 13.3 Å². The van der Waals surface area contributed by atoms with Crippen molar-refractivity contribution in [3.05, 3.63) is 28.8 Å². The lowest BCUT2D eigenvalue weighted by Crippen LogP contribution is -2.37. The van der Waals surface area contributed by atoms with Crippen LogP contribution >= 0.6 is 0 Å². The number of allylic oxidation sites excluding steroid dienone is 3. The lowest BCUT2D eigenvalue weighted by Gasteiger charge is -2.26. The van der Waals surface area contributed by atoms with E-state index >= 15 is 0 Å². The summed E-state index contributed by atoms with van der Waals surface area (Å²) in [6.07, 6.45) is -0.372. The second kappa shape index (κ2) is 6.24. The monoisotopic (exact) mass is 269 g/mol. The molecule has 2 aliphatic rings. The van der Waals surface area contributed by atoms with Crippen LogP contribution in [0.2, 0.25) is 0 Å². The highest BCUT2D eigenvalue weighted by Gasteiger charge is 2.25. The Balaban J connectivity index is 1.92. The maximum absolute atomic E-state index is 13.8. The molecule has 1 saturated heterocycles. The molecule has 1 fully saturated rings. The van der Waals surface area contributed by atoms with Gasteiger partial charge in [-0.15, -0.1) is 0 Å². The highest BCUT2D eigenvalue weighted by molar-refractivity contribution is 5.97. The van der Waals surface area contributed by atoms with E-state index in [1.165, 1.54) is 6.92 Å². The van der Waals surface area contributed by atoms with Crippen molar-refractivity contribution >= 4 is 5.78 Å². The Hall–Kier alpha value is -1.29. The summed E-state index contributed by atoms with van der Waals surface area (Å²) in [7, 11) is 0. The van der Waals surface area contributed by atoms with E-state index < -0.39 is 12.0 Å². The number of halogens is 2. The van der Waals surface area contributed by atoms with Gasteiger partial charge in [-0.3, -0.25) is 9.69 Å². The fraction of sp³-hybridized carbons (Fsp3) is 0.571. The molecule has 1 heterocycles. The molecule has 0 amide bonds. The van der Waals surface area contributed by atoms with Gasteiger partial charge in [-0.05, 0) is 13.0 Å². The van der Waals surface area contributed by atoms with E-state index in [0.29, 0.717) is 19.8 Å². The van der Waals surface area contributed by atoms with Gasteiger partial charge in [-0.2, -0.15) is 4.39 Å². The standard InChI is InChI=1S/C14H17F2NO2/c1-10-8-11(15)9-12(14(10)16)13(18)2-3-17-4-6-19-7-5-17/h9,14H,2-7H2,1H3. The molecular weight excluding hydrogens is 252 g/mol. The number of carbonyl (C=O) groups is 1. The van der Waals surface area contributed by atoms with E-state index in [2.05, 4.69) is 10.6 Å². The SMILES string of the molecule is CC1=C=C(F)C=C(C(=O)CCN2CCOCC2)C1F. The van der Waals surface area contributed by atoms with Crippen molar-refractivity contribution in [2.75, 3.05) is 32.8 Å². The zero-order valence-corrected chi connectivity index (χ0v) is 10.9. The zero-order chi connectivity index (χ0) is 13.8. The average molecular weight is 269 g/mol. The van der Waals surface area contributed by atoms with Gasteiger partial charge in [0, 0.05) is 37.2 Å². The molecule has 1 atom stereocenters. The largest absolute Gasteiger partial charge is 0.379 e. The second-order valence-corrected chi connectivity index (χ2v) is 4.75. The predicted octanol–water partition coefficient (Wildman–Crippen LogP) is 1.95. The molecule has 2 rings (SSSR count). The summed E-state index contributed by atoms with van der Waals surface area (Å²) in [5, 5.41) is 0. The highest BCUT2D eigenvalue weighted by atomic mass is 19.1. The minimum absolute atomic E-state index is 0.0954. The quantitative estimate of drug-likeness (QED) is 0.731. The van der Waals surface area contributed by atoms with Crippen molar-refractivity contribution in [3.8, 4) is 0 Å². The maximum Gasteiger partial charge on any atom is 0.166 e. The van der Waals surface area contributed by atoms with Crippen molar-refractivity contribution in [3.63, 3.8) is 0 Å². The Morgan fingerprint density at radius 1 is 1.53 bits per heavy atom. The number of carbonyl (C=O) groups excluding carboxylic acids is 1. The van der Waals surface area contributed by atoms with Gasteiger partial charge in [-0.25, -0.2) is 4.39 Å². The van der Waals surface area contributed by atoms with Crippen LogP contribution in [0.25, 0.3) is 0 Å². The number of hydrogen-bond donors (Lipinski definition) is 0. The molecule has 0 bridgehead atoms. The second-order valence-electron chi connectivity index (χ2n) is 4.75. The van der Waals surface area contributed by atoms with Crippen LogP contribution in [0.3, 0.4) is 0 Å². The van der Waals surface area contributed by atoms with Gasteiger partial charge in [0.05, 0.1) is 13.2 Å². The summed E-state index contributed by atoms with van der Waals surface area (Å²) in [5.41, 5.74) is 2.28. The smallest absolute Gasteiger partial charge is 0.166 e. The number of alkyl halides is 1. The van der Waals surface area contributed by atoms with Crippen LogP contribution in [-0.2, 0) is 9.53 Å². The minimum Gasteiger partial charge on any atom is -0.379 e. The maximum atomic E-state index is 13.8. The molecule has 1 unspecified atom stereocenters. The Morgan fingerprint density at radius 3 is 2.89 bits per heavy atom. The van der Waals surface area contributed by atoms with Gasteiger partial charge in [-0.1, -0.05) is 5.73 Å². The highest BCUT2D eigenvalue weighted by Crippen LogP contribution is 2.24. The third kappa shape index (κ3) is 3.60. The van der Waals surface area contributed by atoms with Crippen molar-refractivity contribution < 1.29 is 18.3 Å². The summed E-state index contributed by atoms with van der Waals surface area (Å²) in [6, 6.07) is 0.